The molecule has 3 heteroatoms. The van der Waals surface area contributed by atoms with Gasteiger partial charge in [-0.1, -0.05) is 6.92 Å². The van der Waals surface area contributed by atoms with E-state index in [1.54, 1.807) is 12.4 Å². The Labute approximate surface area is 83.5 Å². The van der Waals surface area contributed by atoms with Gasteiger partial charge in [0.2, 0.25) is 5.91 Å². The van der Waals surface area contributed by atoms with E-state index < -0.39 is 0 Å². The highest BCUT2D eigenvalue weighted by atomic mass is 16.1. The lowest BCUT2D eigenvalue weighted by molar-refractivity contribution is -0.123. The van der Waals surface area contributed by atoms with E-state index in [4.69, 9.17) is 0 Å². The van der Waals surface area contributed by atoms with Crippen molar-refractivity contribution in [3.63, 3.8) is 0 Å². The standard InChI is InChI=1S/C11H14N2O/c1-11(5-2-10(14)13-8-11)9-3-6-12-7-4-9/h3-4,6-7H,2,5,8H2,1H3,(H,13,14). The van der Waals surface area contributed by atoms with Crippen LogP contribution < -0.4 is 5.32 Å². The van der Waals surface area contributed by atoms with Crippen LogP contribution in [0.1, 0.15) is 25.3 Å². The number of nitrogens with one attached hydrogen (secondary N) is 1. The maximum atomic E-state index is 11.1. The van der Waals surface area contributed by atoms with Crippen LogP contribution in [0.4, 0.5) is 0 Å². The van der Waals surface area contributed by atoms with Crippen LogP contribution in [-0.4, -0.2) is 17.4 Å². The van der Waals surface area contributed by atoms with Crippen LogP contribution >= 0.6 is 0 Å². The first-order valence-electron chi connectivity index (χ1n) is 4.88. The van der Waals surface area contributed by atoms with Gasteiger partial charge in [0.1, 0.15) is 0 Å². The minimum atomic E-state index is 0.0802. The minimum absolute atomic E-state index is 0.0802. The van der Waals surface area contributed by atoms with Gasteiger partial charge in [-0.3, -0.25) is 9.78 Å². The van der Waals surface area contributed by atoms with Crippen LogP contribution in [0.2, 0.25) is 0 Å². The highest BCUT2D eigenvalue weighted by molar-refractivity contribution is 5.77. The van der Waals surface area contributed by atoms with E-state index >= 15 is 0 Å². The number of carbonyl (C=O) groups is 1. The zero-order valence-corrected chi connectivity index (χ0v) is 8.29. The van der Waals surface area contributed by atoms with E-state index in [2.05, 4.69) is 17.2 Å². The number of aromatic nitrogens is 1. The van der Waals surface area contributed by atoms with Crippen molar-refractivity contribution in [2.75, 3.05) is 6.54 Å². The number of piperidine rings is 1. The van der Waals surface area contributed by atoms with Gasteiger partial charge in [-0.25, -0.2) is 0 Å². The molecule has 1 fully saturated rings. The largest absolute Gasteiger partial charge is 0.355 e. The molecule has 1 atom stereocenters. The van der Waals surface area contributed by atoms with Crippen LogP contribution in [-0.2, 0) is 10.2 Å². The van der Waals surface area contributed by atoms with Gasteiger partial charge in [0.05, 0.1) is 0 Å². The van der Waals surface area contributed by atoms with Crippen LogP contribution in [0.15, 0.2) is 24.5 Å². The fraction of sp³-hybridized carbons (Fsp3) is 0.455. The third-order valence-corrected chi connectivity index (χ3v) is 2.96. The third kappa shape index (κ3) is 1.62. The predicted molar refractivity (Wildman–Crippen MR) is 53.8 cm³/mol. The Morgan fingerprint density at radius 2 is 2.14 bits per heavy atom. The molecule has 1 unspecified atom stereocenters. The number of hydrogen-bond donors (Lipinski definition) is 1. The Morgan fingerprint density at radius 3 is 2.71 bits per heavy atom. The highest BCUT2D eigenvalue weighted by Crippen LogP contribution is 2.30. The van der Waals surface area contributed by atoms with Crippen molar-refractivity contribution in [2.24, 2.45) is 0 Å². The van der Waals surface area contributed by atoms with Gasteiger partial charge in [0.25, 0.3) is 0 Å². The van der Waals surface area contributed by atoms with Crippen molar-refractivity contribution in [1.82, 2.24) is 10.3 Å². The summed E-state index contributed by atoms with van der Waals surface area (Å²) in [4.78, 5) is 15.1. The maximum Gasteiger partial charge on any atom is 0.220 e. The summed E-state index contributed by atoms with van der Waals surface area (Å²) in [6, 6.07) is 4.05. The van der Waals surface area contributed by atoms with E-state index in [-0.39, 0.29) is 11.3 Å². The molecule has 14 heavy (non-hydrogen) atoms. The monoisotopic (exact) mass is 190 g/mol. The summed E-state index contributed by atoms with van der Waals surface area (Å²) in [7, 11) is 0. The first kappa shape index (κ1) is 9.19. The molecule has 1 N–H and O–H groups in total. The maximum absolute atomic E-state index is 11.1. The van der Waals surface area contributed by atoms with Crippen LogP contribution in [0.25, 0.3) is 0 Å². The van der Waals surface area contributed by atoms with Crippen LogP contribution in [0.3, 0.4) is 0 Å². The number of pyridine rings is 1. The second-order valence-corrected chi connectivity index (χ2v) is 4.07. The quantitative estimate of drug-likeness (QED) is 0.724. The van der Waals surface area contributed by atoms with E-state index in [1.165, 1.54) is 5.56 Å². The number of carbonyl (C=O) groups excluding carboxylic acids is 1. The summed E-state index contributed by atoms with van der Waals surface area (Å²) in [5.74, 6) is 0.163. The molecule has 2 rings (SSSR count). The molecule has 1 saturated heterocycles. The van der Waals surface area contributed by atoms with E-state index in [0.717, 1.165) is 13.0 Å². The fourth-order valence-corrected chi connectivity index (χ4v) is 1.86. The highest BCUT2D eigenvalue weighted by Gasteiger charge is 2.31. The molecule has 2 heterocycles. The first-order chi connectivity index (χ1) is 6.71. The topological polar surface area (TPSA) is 42.0 Å². The summed E-state index contributed by atoms with van der Waals surface area (Å²) in [6.07, 6.45) is 5.15. The number of nitrogens with zero attached hydrogens (tertiary/aromatic N) is 1. The molecule has 1 aromatic rings. The molecule has 3 nitrogen and oxygen atoms in total. The third-order valence-electron chi connectivity index (χ3n) is 2.96. The zero-order chi connectivity index (χ0) is 10.0. The Kier molecular flexibility index (Phi) is 2.23. The fourth-order valence-electron chi connectivity index (χ4n) is 1.86. The van der Waals surface area contributed by atoms with Gasteiger partial charge in [0, 0.05) is 30.8 Å². The van der Waals surface area contributed by atoms with Crippen molar-refractivity contribution >= 4 is 5.91 Å². The Hall–Kier alpha value is -1.38. The normalized spacial score (nSPS) is 27.1. The van der Waals surface area contributed by atoms with E-state index in [9.17, 15) is 4.79 Å². The number of hydrogen-bond acceptors (Lipinski definition) is 2. The average molecular weight is 190 g/mol. The van der Waals surface area contributed by atoms with Crippen LogP contribution in [0, 0.1) is 0 Å². The molecule has 0 aromatic carbocycles. The summed E-state index contributed by atoms with van der Waals surface area (Å²) >= 11 is 0. The molecular weight excluding hydrogens is 176 g/mol. The van der Waals surface area contributed by atoms with Gasteiger partial charge in [-0.05, 0) is 24.1 Å². The average Bonchev–Trinajstić information content (AvgIpc) is 2.24. The SMILES string of the molecule is CC1(c2ccncc2)CCC(=O)NC1. The number of amides is 1. The lowest BCUT2D eigenvalue weighted by atomic mass is 9.77. The van der Waals surface area contributed by atoms with Crippen molar-refractivity contribution in [1.29, 1.82) is 0 Å². The predicted octanol–water partition coefficient (Wildman–Crippen LogP) is 1.25. The van der Waals surface area contributed by atoms with Gasteiger partial charge >= 0.3 is 0 Å². The van der Waals surface area contributed by atoms with Gasteiger partial charge in [0.15, 0.2) is 0 Å². The summed E-state index contributed by atoms with van der Waals surface area (Å²) in [5.41, 5.74) is 1.34. The molecule has 74 valence electrons. The van der Waals surface area contributed by atoms with Gasteiger partial charge in [-0.2, -0.15) is 0 Å². The van der Waals surface area contributed by atoms with E-state index in [0.29, 0.717) is 6.42 Å². The molecule has 1 aliphatic heterocycles. The minimum Gasteiger partial charge on any atom is -0.355 e. The summed E-state index contributed by atoms with van der Waals surface area (Å²) in [5, 5.41) is 2.91. The Morgan fingerprint density at radius 1 is 1.43 bits per heavy atom. The molecule has 1 amide bonds. The van der Waals surface area contributed by atoms with Crippen molar-refractivity contribution in [3.05, 3.63) is 30.1 Å². The van der Waals surface area contributed by atoms with Crippen molar-refractivity contribution < 1.29 is 4.79 Å². The number of rotatable bonds is 1. The molecule has 0 saturated carbocycles. The molecule has 0 spiro atoms. The second kappa shape index (κ2) is 3.40. The lowest BCUT2D eigenvalue weighted by Crippen LogP contribution is -2.44. The van der Waals surface area contributed by atoms with Crippen molar-refractivity contribution in [2.45, 2.75) is 25.2 Å². The van der Waals surface area contributed by atoms with Crippen molar-refractivity contribution in [3.8, 4) is 0 Å². The molecule has 1 aliphatic rings. The van der Waals surface area contributed by atoms with Crippen LogP contribution in [0.5, 0.6) is 0 Å². The molecule has 1 aromatic heterocycles. The zero-order valence-electron chi connectivity index (χ0n) is 8.29. The smallest absolute Gasteiger partial charge is 0.220 e. The molecule has 0 radical (unpaired) electrons. The Balaban J connectivity index is 2.21. The molecule has 0 aliphatic carbocycles. The second-order valence-electron chi connectivity index (χ2n) is 4.07. The molecular formula is C11H14N2O. The molecule has 0 bridgehead atoms. The summed E-state index contributed by atoms with van der Waals surface area (Å²) < 4.78 is 0. The van der Waals surface area contributed by atoms with Gasteiger partial charge in [-0.15, -0.1) is 0 Å². The van der Waals surface area contributed by atoms with E-state index in [1.807, 2.05) is 12.1 Å². The lowest BCUT2D eigenvalue weighted by Gasteiger charge is -2.33. The van der Waals surface area contributed by atoms with Gasteiger partial charge < -0.3 is 5.32 Å². The first-order valence-corrected chi connectivity index (χ1v) is 4.88. The Bertz CT molecular complexity index is 324. The summed E-state index contributed by atoms with van der Waals surface area (Å²) in [6.45, 7) is 2.91.